The third-order valence-electron chi connectivity index (χ3n) is 2.92. The molecule has 5 heteroatoms. The molecular formula is C16H18ClN3O. The van der Waals surface area contributed by atoms with Crippen molar-refractivity contribution in [3.8, 4) is 0 Å². The van der Waals surface area contributed by atoms with Crippen LogP contribution >= 0.6 is 11.6 Å². The van der Waals surface area contributed by atoms with Crippen molar-refractivity contribution in [3.63, 3.8) is 0 Å². The number of nitrogens with zero attached hydrogens (tertiary/aromatic N) is 1. The Hall–Kier alpha value is -2.07. The van der Waals surface area contributed by atoms with Crippen LogP contribution in [-0.2, 0) is 11.2 Å². The smallest absolute Gasteiger partial charge is 0.224 e. The highest BCUT2D eigenvalue weighted by molar-refractivity contribution is 6.30. The van der Waals surface area contributed by atoms with Crippen LogP contribution in [0.2, 0.25) is 5.02 Å². The van der Waals surface area contributed by atoms with Gasteiger partial charge >= 0.3 is 0 Å². The van der Waals surface area contributed by atoms with Gasteiger partial charge in [0.05, 0.1) is 6.42 Å². The minimum Gasteiger partial charge on any atom is -0.370 e. The molecule has 0 aliphatic carbocycles. The fourth-order valence-corrected chi connectivity index (χ4v) is 1.98. The summed E-state index contributed by atoms with van der Waals surface area (Å²) in [6.45, 7) is 1.42. The number of rotatable bonds is 7. The second kappa shape index (κ2) is 8.27. The van der Waals surface area contributed by atoms with Crippen molar-refractivity contribution in [2.45, 2.75) is 12.8 Å². The molecule has 0 aliphatic rings. The highest BCUT2D eigenvalue weighted by atomic mass is 35.5. The first-order valence-electron chi connectivity index (χ1n) is 6.90. The van der Waals surface area contributed by atoms with Gasteiger partial charge in [0.25, 0.3) is 0 Å². The number of pyridine rings is 1. The molecule has 1 heterocycles. The molecule has 1 amide bonds. The zero-order chi connectivity index (χ0) is 14.9. The van der Waals surface area contributed by atoms with Gasteiger partial charge in [-0.1, -0.05) is 29.8 Å². The van der Waals surface area contributed by atoms with Gasteiger partial charge in [0, 0.05) is 24.3 Å². The van der Waals surface area contributed by atoms with Gasteiger partial charge in [-0.3, -0.25) is 4.79 Å². The second-order valence-corrected chi connectivity index (χ2v) is 5.08. The topological polar surface area (TPSA) is 54.0 Å². The van der Waals surface area contributed by atoms with Crippen molar-refractivity contribution in [3.05, 3.63) is 59.2 Å². The van der Waals surface area contributed by atoms with Gasteiger partial charge in [0.1, 0.15) is 5.82 Å². The van der Waals surface area contributed by atoms with Gasteiger partial charge in [-0.15, -0.1) is 0 Å². The van der Waals surface area contributed by atoms with E-state index in [1.165, 1.54) is 0 Å². The number of hydrogen-bond donors (Lipinski definition) is 2. The number of carbonyl (C=O) groups excluding carboxylic acids is 1. The molecule has 21 heavy (non-hydrogen) atoms. The molecule has 0 atom stereocenters. The number of benzene rings is 1. The second-order valence-electron chi connectivity index (χ2n) is 4.65. The molecule has 2 N–H and O–H groups in total. The molecule has 0 unspecified atom stereocenters. The maximum atomic E-state index is 11.8. The number of nitrogens with one attached hydrogen (secondary N) is 2. The molecule has 1 aromatic carbocycles. The summed E-state index contributed by atoms with van der Waals surface area (Å²) in [4.78, 5) is 15.9. The monoisotopic (exact) mass is 303 g/mol. The van der Waals surface area contributed by atoms with E-state index in [4.69, 9.17) is 11.6 Å². The van der Waals surface area contributed by atoms with E-state index in [1.54, 1.807) is 18.3 Å². The molecule has 2 aromatic rings. The van der Waals surface area contributed by atoms with Gasteiger partial charge < -0.3 is 10.6 Å². The van der Waals surface area contributed by atoms with Crippen LogP contribution in [0.5, 0.6) is 0 Å². The Bertz CT molecular complexity index is 557. The fourth-order valence-electron chi connectivity index (χ4n) is 1.85. The molecule has 0 bridgehead atoms. The highest BCUT2D eigenvalue weighted by Gasteiger charge is 2.02. The Balaban J connectivity index is 1.60. The van der Waals surface area contributed by atoms with Crippen LogP contribution in [-0.4, -0.2) is 24.0 Å². The molecule has 0 saturated heterocycles. The number of halogens is 1. The lowest BCUT2D eigenvalue weighted by atomic mass is 10.1. The van der Waals surface area contributed by atoms with E-state index in [2.05, 4.69) is 15.6 Å². The summed E-state index contributed by atoms with van der Waals surface area (Å²) >= 11 is 5.80. The number of carbonyl (C=O) groups is 1. The zero-order valence-electron chi connectivity index (χ0n) is 11.7. The van der Waals surface area contributed by atoms with Crippen molar-refractivity contribution < 1.29 is 4.79 Å². The zero-order valence-corrected chi connectivity index (χ0v) is 12.4. The summed E-state index contributed by atoms with van der Waals surface area (Å²) in [7, 11) is 0. The minimum absolute atomic E-state index is 0.0233. The van der Waals surface area contributed by atoms with Crippen LogP contribution in [0.25, 0.3) is 0 Å². The van der Waals surface area contributed by atoms with Gasteiger partial charge in [0.15, 0.2) is 0 Å². The normalized spacial score (nSPS) is 10.1. The summed E-state index contributed by atoms with van der Waals surface area (Å²) in [5.41, 5.74) is 0.962. The summed E-state index contributed by atoms with van der Waals surface area (Å²) in [5.74, 6) is 0.875. The van der Waals surface area contributed by atoms with Crippen molar-refractivity contribution in [2.75, 3.05) is 18.4 Å². The molecule has 1 aromatic heterocycles. The first-order chi connectivity index (χ1) is 10.2. The maximum Gasteiger partial charge on any atom is 0.224 e. The molecule has 110 valence electrons. The van der Waals surface area contributed by atoms with Gasteiger partial charge in [-0.05, 0) is 36.2 Å². The van der Waals surface area contributed by atoms with Crippen molar-refractivity contribution >= 4 is 23.3 Å². The third-order valence-corrected chi connectivity index (χ3v) is 3.18. The largest absolute Gasteiger partial charge is 0.370 e. The molecule has 0 spiro atoms. The number of amides is 1. The van der Waals surface area contributed by atoms with Crippen LogP contribution in [0, 0.1) is 0 Å². The Morgan fingerprint density at radius 3 is 2.62 bits per heavy atom. The molecule has 2 rings (SSSR count). The van der Waals surface area contributed by atoms with Crippen molar-refractivity contribution in [2.24, 2.45) is 0 Å². The lowest BCUT2D eigenvalue weighted by Crippen LogP contribution is -2.27. The van der Waals surface area contributed by atoms with E-state index in [1.807, 2.05) is 30.3 Å². The average Bonchev–Trinajstić information content (AvgIpc) is 2.50. The number of hydrogen-bond acceptors (Lipinski definition) is 3. The molecule has 0 radical (unpaired) electrons. The molecule has 4 nitrogen and oxygen atoms in total. The number of anilines is 1. The van der Waals surface area contributed by atoms with E-state index in [0.717, 1.165) is 24.3 Å². The summed E-state index contributed by atoms with van der Waals surface area (Å²) in [5, 5.41) is 6.78. The SMILES string of the molecule is O=C(Cc1ccc(Cl)cc1)NCCCNc1ccccn1. The summed E-state index contributed by atoms with van der Waals surface area (Å²) in [6.07, 6.45) is 2.98. The van der Waals surface area contributed by atoms with E-state index < -0.39 is 0 Å². The fraction of sp³-hybridized carbons (Fsp3) is 0.250. The number of aromatic nitrogens is 1. The average molecular weight is 304 g/mol. The van der Waals surface area contributed by atoms with Crippen LogP contribution in [0.1, 0.15) is 12.0 Å². The molecule has 0 fully saturated rings. The van der Waals surface area contributed by atoms with E-state index in [9.17, 15) is 4.79 Å². The molecule has 0 aliphatic heterocycles. The van der Waals surface area contributed by atoms with Crippen LogP contribution in [0.3, 0.4) is 0 Å². The first-order valence-corrected chi connectivity index (χ1v) is 7.28. The maximum absolute atomic E-state index is 11.8. The van der Waals surface area contributed by atoms with Crippen LogP contribution < -0.4 is 10.6 Å². The van der Waals surface area contributed by atoms with Crippen LogP contribution in [0.15, 0.2) is 48.7 Å². The lowest BCUT2D eigenvalue weighted by molar-refractivity contribution is -0.120. The standard InChI is InChI=1S/C16H18ClN3O/c17-14-7-5-13(6-8-14)12-16(21)20-11-3-10-19-15-4-1-2-9-18-15/h1-2,4-9H,3,10-12H2,(H,18,19)(H,20,21). The summed E-state index contributed by atoms with van der Waals surface area (Å²) in [6, 6.07) is 13.0. The van der Waals surface area contributed by atoms with E-state index in [-0.39, 0.29) is 5.91 Å². The first kappa shape index (κ1) is 15.3. The van der Waals surface area contributed by atoms with Crippen LogP contribution in [0.4, 0.5) is 5.82 Å². The molecule has 0 saturated carbocycles. The van der Waals surface area contributed by atoms with E-state index in [0.29, 0.717) is 18.0 Å². The van der Waals surface area contributed by atoms with Crippen molar-refractivity contribution in [1.82, 2.24) is 10.3 Å². The predicted octanol–water partition coefficient (Wildman–Crippen LogP) is 2.90. The summed E-state index contributed by atoms with van der Waals surface area (Å²) < 4.78 is 0. The Morgan fingerprint density at radius 1 is 1.10 bits per heavy atom. The quantitative estimate of drug-likeness (QED) is 0.773. The minimum atomic E-state index is 0.0233. The Kier molecular flexibility index (Phi) is 6.03. The van der Waals surface area contributed by atoms with E-state index >= 15 is 0 Å². The van der Waals surface area contributed by atoms with Gasteiger partial charge in [-0.25, -0.2) is 4.98 Å². The Labute approximate surface area is 129 Å². The van der Waals surface area contributed by atoms with Gasteiger partial charge in [0.2, 0.25) is 5.91 Å². The predicted molar refractivity (Wildman–Crippen MR) is 85.5 cm³/mol. The lowest BCUT2D eigenvalue weighted by Gasteiger charge is -2.07. The highest BCUT2D eigenvalue weighted by Crippen LogP contribution is 2.09. The molecular weight excluding hydrogens is 286 g/mol. The van der Waals surface area contributed by atoms with Crippen molar-refractivity contribution in [1.29, 1.82) is 0 Å². The third kappa shape index (κ3) is 5.83. The Morgan fingerprint density at radius 2 is 1.90 bits per heavy atom. The van der Waals surface area contributed by atoms with Gasteiger partial charge in [-0.2, -0.15) is 0 Å².